The number of rotatable bonds is 40. The lowest BCUT2D eigenvalue weighted by Gasteiger charge is -2.24. The SMILES string of the molecule is CCCCC(CC)COc1c2cc(N(c3ccc(OC)cc3)c3ccc(OC)cc3)sc2c(OCC(CC)CCCC)c2cc(-c3ccc(-c4cc5c(OCC(CC)CCCC)c6sc(N(c7ccc(OC)cc7)c7ccc(OC)cc7)cc6c(OCC(CC)CCCC)c5s4)c4nsnc34)sc12. The van der Waals surface area contributed by atoms with Crippen LogP contribution in [-0.2, 0) is 0 Å². The van der Waals surface area contributed by atoms with Crippen molar-refractivity contribution in [2.45, 2.75) is 158 Å². The van der Waals surface area contributed by atoms with Crippen LogP contribution in [0.2, 0.25) is 0 Å². The lowest BCUT2D eigenvalue weighted by molar-refractivity contribution is 0.235. The second-order valence-corrected chi connectivity index (χ2v) is 31.9. The molecule has 0 fully saturated rings. The van der Waals surface area contributed by atoms with Crippen LogP contribution in [0.5, 0.6) is 46.0 Å². The molecule has 4 unspecified atom stereocenters. The number of unbranched alkanes of at least 4 members (excludes halogenated alkanes) is 4. The lowest BCUT2D eigenvalue weighted by Crippen LogP contribution is -2.12. The van der Waals surface area contributed by atoms with Crippen LogP contribution in [0.15, 0.2) is 133 Å². The molecule has 0 aliphatic carbocycles. The summed E-state index contributed by atoms with van der Waals surface area (Å²) in [5.74, 6) is 8.37. The summed E-state index contributed by atoms with van der Waals surface area (Å²) in [4.78, 5) is 6.81. The third-order valence-electron chi connectivity index (χ3n) is 20.4. The van der Waals surface area contributed by atoms with E-state index in [-0.39, 0.29) is 0 Å². The number of methoxy groups -OCH3 is 4. The maximum absolute atomic E-state index is 7.41. The van der Waals surface area contributed by atoms with Gasteiger partial charge in [0.1, 0.15) is 67.0 Å². The number of nitrogens with zero attached hydrogens (tertiary/aromatic N) is 4. The minimum absolute atomic E-state index is 0.400. The van der Waals surface area contributed by atoms with Crippen molar-refractivity contribution in [3.8, 4) is 66.9 Å². The molecule has 7 aromatic carbocycles. The van der Waals surface area contributed by atoms with Gasteiger partial charge in [-0.1, -0.05) is 145 Å². The Morgan fingerprint density at radius 3 is 0.845 bits per heavy atom. The van der Waals surface area contributed by atoms with Crippen LogP contribution in [0.1, 0.15) is 158 Å². The van der Waals surface area contributed by atoms with Crippen molar-refractivity contribution < 1.29 is 37.9 Å². The van der Waals surface area contributed by atoms with E-state index in [0.29, 0.717) is 50.1 Å². The normalized spacial score (nSPS) is 12.9. The molecule has 12 aromatic rings. The molecule has 0 saturated heterocycles. The fourth-order valence-electron chi connectivity index (χ4n) is 13.8. The Morgan fingerprint density at radius 1 is 0.330 bits per heavy atom. The van der Waals surface area contributed by atoms with Gasteiger partial charge in [0, 0.05) is 65.2 Å². The summed E-state index contributed by atoms with van der Waals surface area (Å²) in [6.45, 7) is 20.7. The molecule has 0 radical (unpaired) electrons. The zero-order chi connectivity index (χ0) is 71.9. The fraction of sp³-hybridized carbons (Fsp3) is 0.419. The van der Waals surface area contributed by atoms with Gasteiger partial charge in [0.25, 0.3) is 0 Å². The number of hydrogen-bond acceptors (Lipinski definition) is 17. The molecule has 0 bridgehead atoms. The molecule has 0 saturated carbocycles. The van der Waals surface area contributed by atoms with Crippen LogP contribution in [0.25, 0.3) is 72.3 Å². The summed E-state index contributed by atoms with van der Waals surface area (Å²) in [6.07, 6.45) is 17.8. The maximum atomic E-state index is 7.41. The van der Waals surface area contributed by atoms with Crippen molar-refractivity contribution in [1.29, 1.82) is 0 Å². The second kappa shape index (κ2) is 35.8. The van der Waals surface area contributed by atoms with Crippen LogP contribution in [0, 0.1) is 23.7 Å². The standard InChI is InChI=1S/C86H102N4O8S5/c1-13-21-25-55(17-5)51-95-79-69-47-73(99-83(69)81(97-53-57(19-7)27-23-15-3)71-49-75(101-85(71)79)89(59-29-37-63(91-9)38-30-59)60-31-39-64(92-10)40-32-60)67-45-46-68(78-77(67)87-103-88-78)74-48-70-80(96-52-56(18-6)26-22-14-2)86-72(82(84(70)100-74)98-54-58(20-8)28-24-16-4)50-76(102-86)90(61-33-41-65(93-11)42-34-61)62-35-43-66(94-12)44-36-62/h29-50,55-58H,13-28,51-54H2,1-12H3. The van der Waals surface area contributed by atoms with Crippen molar-refractivity contribution in [2.24, 2.45) is 23.7 Å². The number of thiophene rings is 4. The van der Waals surface area contributed by atoms with E-state index >= 15 is 0 Å². The van der Waals surface area contributed by atoms with Crippen LogP contribution in [0.4, 0.5) is 32.8 Å². The molecule has 5 heterocycles. The summed E-state index contributed by atoms with van der Waals surface area (Å²) < 4.78 is 67.1. The van der Waals surface area contributed by atoms with Gasteiger partial charge >= 0.3 is 0 Å². The summed E-state index contributed by atoms with van der Waals surface area (Å²) in [7, 11) is 6.85. The Labute approximate surface area is 630 Å². The van der Waals surface area contributed by atoms with Gasteiger partial charge in [0.05, 0.1) is 85.4 Å². The number of aromatic nitrogens is 2. The molecule has 103 heavy (non-hydrogen) atoms. The fourth-order valence-corrected chi connectivity index (χ4v) is 19.2. The number of anilines is 6. The highest BCUT2D eigenvalue weighted by Crippen LogP contribution is 2.58. The van der Waals surface area contributed by atoms with Crippen molar-refractivity contribution in [3.63, 3.8) is 0 Å². The van der Waals surface area contributed by atoms with Gasteiger partial charge < -0.3 is 47.7 Å². The zero-order valence-electron chi connectivity index (χ0n) is 62.2. The highest BCUT2D eigenvalue weighted by molar-refractivity contribution is 7.26. The average Bonchev–Trinajstić information content (AvgIpc) is 1.58. The van der Waals surface area contributed by atoms with Crippen molar-refractivity contribution >= 4 is 141 Å². The monoisotopic (exact) mass is 1480 g/mol. The molecule has 0 spiro atoms. The van der Waals surface area contributed by atoms with Gasteiger partial charge in [-0.3, -0.25) is 0 Å². The molecule has 5 aromatic heterocycles. The highest BCUT2D eigenvalue weighted by atomic mass is 32.1. The molecule has 0 N–H and O–H groups in total. The number of ether oxygens (including phenoxy) is 8. The van der Waals surface area contributed by atoms with E-state index < -0.39 is 0 Å². The Morgan fingerprint density at radius 2 is 0.592 bits per heavy atom. The van der Waals surface area contributed by atoms with E-state index in [4.69, 9.17) is 46.6 Å². The minimum atomic E-state index is 0.400. The molecule has 0 aliphatic heterocycles. The van der Waals surface area contributed by atoms with Crippen LogP contribution < -0.4 is 47.7 Å². The average molecular weight is 1480 g/mol. The Bertz CT molecular complexity index is 4150. The summed E-state index contributed by atoms with van der Waals surface area (Å²) >= 11 is 8.31. The molecule has 12 rings (SSSR count). The van der Waals surface area contributed by atoms with Crippen LogP contribution in [0.3, 0.4) is 0 Å². The summed E-state index contributed by atoms with van der Waals surface area (Å²) in [6, 6.07) is 47.1. The largest absolute Gasteiger partial charge is 0.497 e. The predicted molar refractivity (Wildman–Crippen MR) is 441 cm³/mol. The maximum Gasteiger partial charge on any atom is 0.146 e. The molecule has 12 nitrogen and oxygen atoms in total. The van der Waals surface area contributed by atoms with Gasteiger partial charge in [-0.25, -0.2) is 0 Å². The van der Waals surface area contributed by atoms with Crippen molar-refractivity contribution in [2.75, 3.05) is 64.7 Å². The third-order valence-corrected chi connectivity index (χ3v) is 25.5. The van der Waals surface area contributed by atoms with E-state index in [0.717, 1.165) is 254 Å². The van der Waals surface area contributed by atoms with E-state index in [2.05, 4.69) is 150 Å². The van der Waals surface area contributed by atoms with E-state index in [1.54, 1.807) is 73.8 Å². The lowest BCUT2D eigenvalue weighted by atomic mass is 10.0. The Balaban J connectivity index is 1.04. The first-order chi connectivity index (χ1) is 50.5. The summed E-state index contributed by atoms with van der Waals surface area (Å²) in [5.41, 5.74) is 7.80. The first kappa shape index (κ1) is 74.9. The van der Waals surface area contributed by atoms with Crippen LogP contribution >= 0.6 is 57.1 Å². The Kier molecular flexibility index (Phi) is 26.0. The van der Waals surface area contributed by atoms with Gasteiger partial charge in [0.2, 0.25) is 0 Å². The van der Waals surface area contributed by atoms with Gasteiger partial charge in [-0.05, 0) is 171 Å². The number of benzene rings is 7. The first-order valence-corrected chi connectivity index (χ1v) is 41.5. The van der Waals surface area contributed by atoms with Crippen molar-refractivity contribution in [1.82, 2.24) is 8.75 Å². The molecule has 544 valence electrons. The molecule has 4 atom stereocenters. The smallest absolute Gasteiger partial charge is 0.146 e. The van der Waals surface area contributed by atoms with Gasteiger partial charge in [-0.2, -0.15) is 8.75 Å². The van der Waals surface area contributed by atoms with Crippen LogP contribution in [-0.4, -0.2) is 63.6 Å². The molecular formula is C86H102N4O8S5. The van der Waals surface area contributed by atoms with Gasteiger partial charge in [-0.15, -0.1) is 45.3 Å². The second-order valence-electron chi connectivity index (χ2n) is 27.2. The Hall–Kier alpha value is -7.80. The topological polar surface area (TPSA) is 106 Å². The predicted octanol–water partition coefficient (Wildman–Crippen LogP) is 27.2. The van der Waals surface area contributed by atoms with E-state index in [1.807, 2.05) is 48.5 Å². The first-order valence-electron chi connectivity index (χ1n) is 37.5. The van der Waals surface area contributed by atoms with Crippen molar-refractivity contribution in [3.05, 3.63) is 133 Å². The molecule has 0 amide bonds. The van der Waals surface area contributed by atoms with Gasteiger partial charge in [0.15, 0.2) is 0 Å². The van der Waals surface area contributed by atoms with E-state index in [1.165, 1.54) is 11.7 Å². The van der Waals surface area contributed by atoms with E-state index in [9.17, 15) is 0 Å². The molecular weight excluding hydrogens is 1380 g/mol. The number of hydrogen-bond donors (Lipinski definition) is 0. The third kappa shape index (κ3) is 16.7. The minimum Gasteiger partial charge on any atom is -0.497 e. The molecule has 0 aliphatic rings. The highest BCUT2D eigenvalue weighted by Gasteiger charge is 2.31. The quantitative estimate of drug-likeness (QED) is 0.0365. The zero-order valence-corrected chi connectivity index (χ0v) is 66.3. The summed E-state index contributed by atoms with van der Waals surface area (Å²) in [5, 5.41) is 6.27. The molecule has 17 heteroatoms. The number of fused-ring (bicyclic) bond motifs is 5.